The van der Waals surface area contributed by atoms with Crippen molar-refractivity contribution in [1.82, 2.24) is 10.5 Å². The van der Waals surface area contributed by atoms with Gasteiger partial charge in [0.15, 0.2) is 0 Å². The first-order valence-electron chi connectivity index (χ1n) is 5.83. The van der Waals surface area contributed by atoms with Gasteiger partial charge in [0.1, 0.15) is 6.61 Å². The van der Waals surface area contributed by atoms with Crippen molar-refractivity contribution in [3.05, 3.63) is 23.9 Å². The second kappa shape index (κ2) is 6.32. The Morgan fingerprint density at radius 3 is 3.11 bits per heavy atom. The zero-order valence-electron chi connectivity index (χ0n) is 10.2. The van der Waals surface area contributed by atoms with E-state index in [1.807, 2.05) is 0 Å². The maximum atomic E-state index is 11.4. The number of pyridine rings is 1. The van der Waals surface area contributed by atoms with E-state index in [0.29, 0.717) is 18.1 Å². The Hall–Kier alpha value is -1.66. The van der Waals surface area contributed by atoms with Crippen molar-refractivity contribution in [2.45, 2.75) is 18.9 Å². The smallest absolute Gasteiger partial charge is 0.276 e. The minimum absolute atomic E-state index is 0.156. The number of aromatic nitrogens is 1. The molecule has 1 aliphatic heterocycles. The first-order valence-corrected chi connectivity index (χ1v) is 5.83. The van der Waals surface area contributed by atoms with Crippen molar-refractivity contribution in [1.29, 1.82) is 0 Å². The number of hydrogen-bond acceptors (Lipinski definition) is 5. The molecule has 1 aromatic heterocycles. The zero-order chi connectivity index (χ0) is 12.8. The predicted molar refractivity (Wildman–Crippen MR) is 63.2 cm³/mol. The first kappa shape index (κ1) is 12.8. The van der Waals surface area contributed by atoms with Crippen LogP contribution in [0.5, 0.6) is 5.88 Å². The summed E-state index contributed by atoms with van der Waals surface area (Å²) in [4.78, 5) is 20.0. The monoisotopic (exact) mass is 252 g/mol. The summed E-state index contributed by atoms with van der Waals surface area (Å²) in [5.74, 6) is 0.148. The fraction of sp³-hybridized carbons (Fsp3) is 0.500. The topological polar surface area (TPSA) is 69.7 Å². The van der Waals surface area contributed by atoms with Crippen LogP contribution in [-0.4, -0.2) is 37.3 Å². The Labute approximate surface area is 105 Å². The minimum Gasteiger partial charge on any atom is -0.475 e. The SMILES string of the molecule is CONC(=O)c1ccc(OC[C@H]2CCCO2)nc1. The van der Waals surface area contributed by atoms with E-state index < -0.39 is 0 Å². The van der Waals surface area contributed by atoms with Gasteiger partial charge in [0, 0.05) is 18.9 Å². The molecule has 6 nitrogen and oxygen atoms in total. The number of hydrogen-bond donors (Lipinski definition) is 1. The van der Waals surface area contributed by atoms with Gasteiger partial charge in [-0.05, 0) is 18.9 Å². The van der Waals surface area contributed by atoms with Crippen LogP contribution in [0.4, 0.5) is 0 Å². The van der Waals surface area contributed by atoms with Gasteiger partial charge in [-0.1, -0.05) is 0 Å². The molecule has 18 heavy (non-hydrogen) atoms. The number of ether oxygens (including phenoxy) is 2. The minimum atomic E-state index is -0.337. The van der Waals surface area contributed by atoms with E-state index in [2.05, 4.69) is 15.3 Å². The van der Waals surface area contributed by atoms with E-state index in [1.54, 1.807) is 12.1 Å². The van der Waals surface area contributed by atoms with Crippen molar-refractivity contribution in [2.75, 3.05) is 20.3 Å². The predicted octanol–water partition coefficient (Wildman–Crippen LogP) is 0.931. The third kappa shape index (κ3) is 3.41. The van der Waals surface area contributed by atoms with Gasteiger partial charge >= 0.3 is 0 Å². The lowest BCUT2D eigenvalue weighted by atomic mass is 10.2. The summed E-state index contributed by atoms with van der Waals surface area (Å²) < 4.78 is 10.9. The lowest BCUT2D eigenvalue weighted by Gasteiger charge is -2.10. The second-order valence-corrected chi connectivity index (χ2v) is 3.97. The van der Waals surface area contributed by atoms with Crippen LogP contribution in [0.2, 0.25) is 0 Å². The summed E-state index contributed by atoms with van der Waals surface area (Å²) in [6.07, 6.45) is 3.70. The molecule has 1 fully saturated rings. The highest BCUT2D eigenvalue weighted by Gasteiger charge is 2.16. The Balaban J connectivity index is 1.85. The molecule has 1 atom stereocenters. The fourth-order valence-electron chi connectivity index (χ4n) is 1.71. The van der Waals surface area contributed by atoms with Gasteiger partial charge in [-0.25, -0.2) is 10.5 Å². The lowest BCUT2D eigenvalue weighted by molar-refractivity contribution is 0.0536. The molecule has 0 saturated carbocycles. The second-order valence-electron chi connectivity index (χ2n) is 3.97. The van der Waals surface area contributed by atoms with Gasteiger partial charge in [0.2, 0.25) is 5.88 Å². The molecule has 0 unspecified atom stereocenters. The molecule has 1 saturated heterocycles. The van der Waals surface area contributed by atoms with Crippen molar-refractivity contribution in [3.63, 3.8) is 0 Å². The van der Waals surface area contributed by atoms with Crippen molar-refractivity contribution >= 4 is 5.91 Å². The molecular weight excluding hydrogens is 236 g/mol. The Bertz CT molecular complexity index is 388. The number of hydroxylamine groups is 1. The standard InChI is InChI=1S/C12H16N2O4/c1-16-14-12(15)9-4-5-11(13-7-9)18-8-10-3-2-6-17-10/h4-5,7,10H,2-3,6,8H2,1H3,(H,14,15)/t10-/m1/s1. The Kier molecular flexibility index (Phi) is 4.49. The molecule has 0 bridgehead atoms. The van der Waals surface area contributed by atoms with E-state index in [0.717, 1.165) is 19.4 Å². The third-order valence-corrected chi connectivity index (χ3v) is 2.63. The summed E-state index contributed by atoms with van der Waals surface area (Å²) in [6.45, 7) is 1.30. The van der Waals surface area contributed by atoms with Crippen molar-refractivity contribution < 1.29 is 19.1 Å². The molecule has 0 spiro atoms. The van der Waals surface area contributed by atoms with E-state index in [-0.39, 0.29) is 12.0 Å². The van der Waals surface area contributed by atoms with Crippen LogP contribution in [0.1, 0.15) is 23.2 Å². The highest BCUT2D eigenvalue weighted by atomic mass is 16.6. The Morgan fingerprint density at radius 1 is 1.61 bits per heavy atom. The molecule has 1 aliphatic rings. The molecular formula is C12H16N2O4. The van der Waals surface area contributed by atoms with Crippen LogP contribution in [0.3, 0.4) is 0 Å². The van der Waals surface area contributed by atoms with E-state index >= 15 is 0 Å². The van der Waals surface area contributed by atoms with Gasteiger partial charge < -0.3 is 9.47 Å². The third-order valence-electron chi connectivity index (χ3n) is 2.63. The molecule has 0 aliphatic carbocycles. The maximum Gasteiger partial charge on any atom is 0.276 e. The van der Waals surface area contributed by atoms with Crippen LogP contribution in [-0.2, 0) is 9.57 Å². The Morgan fingerprint density at radius 2 is 2.50 bits per heavy atom. The number of nitrogens with zero attached hydrogens (tertiary/aromatic N) is 1. The van der Waals surface area contributed by atoms with Crippen LogP contribution in [0.25, 0.3) is 0 Å². The van der Waals surface area contributed by atoms with Crippen molar-refractivity contribution in [3.8, 4) is 5.88 Å². The molecule has 0 radical (unpaired) electrons. The number of carbonyl (C=O) groups excluding carboxylic acids is 1. The highest BCUT2D eigenvalue weighted by Crippen LogP contribution is 2.14. The number of rotatable bonds is 5. The van der Waals surface area contributed by atoms with Crippen LogP contribution in [0.15, 0.2) is 18.3 Å². The van der Waals surface area contributed by atoms with Crippen molar-refractivity contribution in [2.24, 2.45) is 0 Å². The van der Waals surface area contributed by atoms with Crippen LogP contribution < -0.4 is 10.2 Å². The molecule has 2 rings (SSSR count). The summed E-state index contributed by atoms with van der Waals surface area (Å²) in [7, 11) is 1.38. The summed E-state index contributed by atoms with van der Waals surface area (Å²) >= 11 is 0. The van der Waals surface area contributed by atoms with E-state index in [9.17, 15) is 4.79 Å². The van der Waals surface area contributed by atoms with Gasteiger partial charge in [-0.3, -0.25) is 9.63 Å². The molecule has 1 amide bonds. The largest absolute Gasteiger partial charge is 0.475 e. The van der Waals surface area contributed by atoms with Crippen LogP contribution in [0, 0.1) is 0 Å². The first-order chi connectivity index (χ1) is 8.79. The van der Waals surface area contributed by atoms with Gasteiger partial charge in [-0.15, -0.1) is 0 Å². The fourth-order valence-corrected chi connectivity index (χ4v) is 1.71. The van der Waals surface area contributed by atoms with Crippen LogP contribution >= 0.6 is 0 Å². The molecule has 0 aromatic carbocycles. The number of amides is 1. The molecule has 6 heteroatoms. The number of carbonyl (C=O) groups is 1. The molecule has 1 N–H and O–H groups in total. The van der Waals surface area contributed by atoms with Gasteiger partial charge in [0.25, 0.3) is 5.91 Å². The van der Waals surface area contributed by atoms with E-state index in [1.165, 1.54) is 13.3 Å². The zero-order valence-corrected chi connectivity index (χ0v) is 10.2. The normalized spacial score (nSPS) is 18.6. The van der Waals surface area contributed by atoms with E-state index in [4.69, 9.17) is 9.47 Å². The molecule has 2 heterocycles. The maximum absolute atomic E-state index is 11.4. The average Bonchev–Trinajstić information content (AvgIpc) is 2.90. The highest BCUT2D eigenvalue weighted by molar-refractivity contribution is 5.93. The summed E-state index contributed by atoms with van der Waals surface area (Å²) in [6, 6.07) is 3.28. The average molecular weight is 252 g/mol. The summed E-state index contributed by atoms with van der Waals surface area (Å²) in [5.41, 5.74) is 2.64. The lowest BCUT2D eigenvalue weighted by Crippen LogP contribution is -2.22. The van der Waals surface area contributed by atoms with Gasteiger partial charge in [-0.2, -0.15) is 0 Å². The number of nitrogens with one attached hydrogen (secondary N) is 1. The summed E-state index contributed by atoms with van der Waals surface area (Å²) in [5, 5.41) is 0. The molecule has 1 aromatic rings. The molecule has 98 valence electrons. The van der Waals surface area contributed by atoms with Gasteiger partial charge in [0.05, 0.1) is 18.8 Å². The quantitative estimate of drug-likeness (QED) is 0.789.